The molecule has 0 saturated heterocycles. The number of amides is 1. The molecule has 140 valence electrons. The van der Waals surface area contributed by atoms with Gasteiger partial charge in [-0.25, -0.2) is 0 Å². The standard InChI is InChI=1S/C23H20N2O3/c26-22(14-18-8-7-16-4-1-2-6-21(16)18)28-20-11-9-17(10-12-20)23(27)25-19-5-3-13-24-15-19/h1-6,9-13,15,18H,7-8,14H2,(H,25,27). The minimum Gasteiger partial charge on any atom is -0.427 e. The second-order valence-corrected chi connectivity index (χ2v) is 6.83. The van der Waals surface area contributed by atoms with Crippen molar-refractivity contribution in [3.63, 3.8) is 0 Å². The van der Waals surface area contributed by atoms with Crippen LogP contribution < -0.4 is 10.1 Å². The van der Waals surface area contributed by atoms with Gasteiger partial charge in [-0.3, -0.25) is 14.6 Å². The van der Waals surface area contributed by atoms with Crippen molar-refractivity contribution in [1.29, 1.82) is 0 Å². The molecule has 5 heteroatoms. The van der Waals surface area contributed by atoms with E-state index in [1.165, 1.54) is 11.1 Å². The van der Waals surface area contributed by atoms with Crippen LogP contribution >= 0.6 is 0 Å². The van der Waals surface area contributed by atoms with Crippen LogP contribution in [0.3, 0.4) is 0 Å². The first kappa shape index (κ1) is 17.9. The van der Waals surface area contributed by atoms with Crippen LogP contribution in [-0.2, 0) is 11.2 Å². The molecule has 1 aliphatic carbocycles. The van der Waals surface area contributed by atoms with Crippen LogP contribution in [0.2, 0.25) is 0 Å². The van der Waals surface area contributed by atoms with Gasteiger partial charge in [-0.2, -0.15) is 0 Å². The molecule has 1 heterocycles. The summed E-state index contributed by atoms with van der Waals surface area (Å²) in [6, 6.07) is 18.3. The number of pyridine rings is 1. The first-order chi connectivity index (χ1) is 13.7. The summed E-state index contributed by atoms with van der Waals surface area (Å²) in [4.78, 5) is 28.5. The van der Waals surface area contributed by atoms with E-state index in [0.717, 1.165) is 12.8 Å². The topological polar surface area (TPSA) is 68.3 Å². The number of benzene rings is 2. The van der Waals surface area contributed by atoms with E-state index < -0.39 is 0 Å². The first-order valence-electron chi connectivity index (χ1n) is 9.29. The molecule has 0 saturated carbocycles. The summed E-state index contributed by atoms with van der Waals surface area (Å²) in [7, 11) is 0. The van der Waals surface area contributed by atoms with Crippen LogP contribution in [0.25, 0.3) is 0 Å². The number of anilines is 1. The third-order valence-electron chi connectivity index (χ3n) is 4.94. The summed E-state index contributed by atoms with van der Waals surface area (Å²) < 4.78 is 5.46. The third-order valence-corrected chi connectivity index (χ3v) is 4.94. The van der Waals surface area contributed by atoms with Gasteiger partial charge in [-0.15, -0.1) is 0 Å². The number of carbonyl (C=O) groups excluding carboxylic acids is 2. The van der Waals surface area contributed by atoms with Crippen LogP contribution in [0.15, 0.2) is 73.1 Å². The molecule has 0 spiro atoms. The van der Waals surface area contributed by atoms with Crippen LogP contribution in [0, 0.1) is 0 Å². The van der Waals surface area contributed by atoms with Crippen molar-refractivity contribution >= 4 is 17.6 Å². The van der Waals surface area contributed by atoms with Gasteiger partial charge < -0.3 is 10.1 Å². The number of fused-ring (bicyclic) bond motifs is 1. The van der Waals surface area contributed by atoms with Crippen molar-refractivity contribution in [3.8, 4) is 5.75 Å². The van der Waals surface area contributed by atoms with Crippen molar-refractivity contribution in [2.45, 2.75) is 25.2 Å². The van der Waals surface area contributed by atoms with E-state index in [2.05, 4.69) is 22.4 Å². The molecule has 5 nitrogen and oxygen atoms in total. The SMILES string of the molecule is O=C(CC1CCc2ccccc21)Oc1ccc(C(=O)Nc2cccnc2)cc1. The highest BCUT2D eigenvalue weighted by Crippen LogP contribution is 2.35. The zero-order valence-electron chi connectivity index (χ0n) is 15.3. The Morgan fingerprint density at radius 1 is 1.04 bits per heavy atom. The summed E-state index contributed by atoms with van der Waals surface area (Å²) in [5, 5.41) is 2.77. The fourth-order valence-electron chi connectivity index (χ4n) is 3.55. The van der Waals surface area contributed by atoms with Gasteiger partial charge in [0.25, 0.3) is 5.91 Å². The van der Waals surface area contributed by atoms with E-state index in [1.807, 2.05) is 12.1 Å². The lowest BCUT2D eigenvalue weighted by Gasteiger charge is -2.11. The molecule has 3 aromatic rings. The van der Waals surface area contributed by atoms with Gasteiger partial charge in [0.2, 0.25) is 0 Å². The lowest BCUT2D eigenvalue weighted by atomic mass is 9.98. The number of ether oxygens (including phenoxy) is 1. The Hall–Kier alpha value is -3.47. The Balaban J connectivity index is 1.34. The molecule has 0 aliphatic heterocycles. The number of carbonyl (C=O) groups is 2. The van der Waals surface area contributed by atoms with Crippen LogP contribution in [0.5, 0.6) is 5.75 Å². The minimum absolute atomic E-state index is 0.216. The molecule has 0 bridgehead atoms. The van der Waals surface area contributed by atoms with Crippen molar-refractivity contribution in [2.75, 3.05) is 5.32 Å². The third kappa shape index (κ3) is 4.09. The Labute approximate surface area is 163 Å². The number of nitrogens with one attached hydrogen (secondary N) is 1. The second kappa shape index (κ2) is 8.05. The maximum atomic E-state index is 12.3. The van der Waals surface area contributed by atoms with Crippen molar-refractivity contribution in [3.05, 3.63) is 89.7 Å². The molecule has 28 heavy (non-hydrogen) atoms. The number of hydrogen-bond acceptors (Lipinski definition) is 4. The zero-order chi connectivity index (χ0) is 19.3. The Morgan fingerprint density at radius 2 is 1.86 bits per heavy atom. The zero-order valence-corrected chi connectivity index (χ0v) is 15.3. The van der Waals surface area contributed by atoms with Gasteiger partial charge in [0.15, 0.2) is 0 Å². The molecule has 1 unspecified atom stereocenters. The average Bonchev–Trinajstić information content (AvgIpc) is 3.12. The highest BCUT2D eigenvalue weighted by molar-refractivity contribution is 6.04. The lowest BCUT2D eigenvalue weighted by molar-refractivity contribution is -0.134. The van der Waals surface area contributed by atoms with Gasteiger partial charge in [-0.1, -0.05) is 24.3 Å². The second-order valence-electron chi connectivity index (χ2n) is 6.83. The molecular weight excluding hydrogens is 352 g/mol. The number of hydrogen-bond donors (Lipinski definition) is 1. The maximum absolute atomic E-state index is 12.3. The van der Waals surface area contributed by atoms with Crippen LogP contribution in [-0.4, -0.2) is 16.9 Å². The number of rotatable bonds is 5. The molecule has 1 aromatic heterocycles. The first-order valence-corrected chi connectivity index (χ1v) is 9.29. The number of aryl methyl sites for hydroxylation is 1. The summed E-state index contributed by atoms with van der Waals surface area (Å²) in [6.45, 7) is 0. The summed E-state index contributed by atoms with van der Waals surface area (Å²) >= 11 is 0. The average molecular weight is 372 g/mol. The predicted molar refractivity (Wildman–Crippen MR) is 106 cm³/mol. The smallest absolute Gasteiger partial charge is 0.311 e. The highest BCUT2D eigenvalue weighted by atomic mass is 16.5. The van der Waals surface area contributed by atoms with Crippen LogP contribution in [0.1, 0.15) is 40.2 Å². The maximum Gasteiger partial charge on any atom is 0.311 e. The van der Waals surface area contributed by atoms with Gasteiger partial charge >= 0.3 is 5.97 Å². The molecule has 1 N–H and O–H groups in total. The van der Waals surface area contributed by atoms with Crippen LogP contribution in [0.4, 0.5) is 5.69 Å². The molecular formula is C23H20N2O3. The Morgan fingerprint density at radius 3 is 2.64 bits per heavy atom. The van der Waals surface area contributed by atoms with Gasteiger partial charge in [0.05, 0.1) is 18.3 Å². The number of esters is 1. The van der Waals surface area contributed by atoms with E-state index in [9.17, 15) is 9.59 Å². The molecule has 0 radical (unpaired) electrons. The molecule has 2 aromatic carbocycles. The molecule has 1 amide bonds. The van der Waals surface area contributed by atoms with E-state index >= 15 is 0 Å². The van der Waals surface area contributed by atoms with Gasteiger partial charge in [0.1, 0.15) is 5.75 Å². The van der Waals surface area contributed by atoms with E-state index in [4.69, 9.17) is 4.74 Å². The predicted octanol–water partition coefficient (Wildman–Crippen LogP) is 4.36. The van der Waals surface area contributed by atoms with E-state index in [1.54, 1.807) is 48.8 Å². The number of aromatic nitrogens is 1. The minimum atomic E-state index is -0.255. The largest absolute Gasteiger partial charge is 0.427 e. The highest BCUT2D eigenvalue weighted by Gasteiger charge is 2.25. The molecule has 4 rings (SSSR count). The molecule has 1 aliphatic rings. The van der Waals surface area contributed by atoms with Gasteiger partial charge in [0, 0.05) is 11.8 Å². The fourth-order valence-corrected chi connectivity index (χ4v) is 3.55. The monoisotopic (exact) mass is 372 g/mol. The van der Waals surface area contributed by atoms with Crippen molar-refractivity contribution < 1.29 is 14.3 Å². The van der Waals surface area contributed by atoms with Crippen molar-refractivity contribution in [2.24, 2.45) is 0 Å². The molecule has 1 atom stereocenters. The van der Waals surface area contributed by atoms with E-state index in [0.29, 0.717) is 23.4 Å². The summed E-state index contributed by atoms with van der Waals surface area (Å²) in [5.41, 5.74) is 3.68. The Bertz CT molecular complexity index is 984. The number of nitrogens with zero attached hydrogens (tertiary/aromatic N) is 1. The van der Waals surface area contributed by atoms with E-state index in [-0.39, 0.29) is 17.8 Å². The van der Waals surface area contributed by atoms with Crippen molar-refractivity contribution in [1.82, 2.24) is 4.98 Å². The van der Waals surface area contributed by atoms with Gasteiger partial charge in [-0.05, 0) is 66.3 Å². The fraction of sp³-hybridized carbons (Fsp3) is 0.174. The molecule has 0 fully saturated rings. The summed E-state index contributed by atoms with van der Waals surface area (Å²) in [6.07, 6.45) is 5.56. The summed E-state index contributed by atoms with van der Waals surface area (Å²) in [5.74, 6) is 0.158. The Kier molecular flexibility index (Phi) is 5.15. The lowest BCUT2D eigenvalue weighted by Crippen LogP contribution is -2.13. The normalized spacial score (nSPS) is 14.9. The quantitative estimate of drug-likeness (QED) is 0.534.